The molecule has 0 atom stereocenters. The zero-order chi connectivity index (χ0) is 37.5. The largest absolute Gasteiger partial charge is 0.310 e. The van der Waals surface area contributed by atoms with Crippen LogP contribution in [0, 0.1) is 0 Å². The predicted molar refractivity (Wildman–Crippen MR) is 236 cm³/mol. The molecule has 11 rings (SSSR count). The average molecular weight is 722 g/mol. The second-order valence-electron chi connectivity index (χ2n) is 16.3. The van der Waals surface area contributed by atoms with Crippen molar-refractivity contribution < 1.29 is 0 Å². The topological polar surface area (TPSA) is 11.4 Å². The Balaban J connectivity index is 1.18. The van der Waals surface area contributed by atoms with E-state index in [2.05, 4.69) is 205 Å². The van der Waals surface area contributed by atoms with Gasteiger partial charge in [0.15, 0.2) is 0 Å². The first kappa shape index (κ1) is 33.0. The SMILES string of the molecule is CN1CCc2ccc(-c3cc(N(c4cccc(-n5c6ccccc6c6ccccc65)c4)c4ccc5ccccc5c4)cc4c3-c3ccccc3C4(C)C)cc2C1. The molecule has 270 valence electrons. The Morgan fingerprint density at radius 3 is 2.05 bits per heavy atom. The van der Waals surface area contributed by atoms with E-state index in [1.165, 1.54) is 77.1 Å². The van der Waals surface area contributed by atoms with E-state index in [0.29, 0.717) is 0 Å². The van der Waals surface area contributed by atoms with Gasteiger partial charge in [0.05, 0.1) is 11.0 Å². The third-order valence-electron chi connectivity index (χ3n) is 12.6. The maximum atomic E-state index is 2.48. The molecule has 1 aliphatic carbocycles. The number of hydrogen-bond acceptors (Lipinski definition) is 2. The smallest absolute Gasteiger partial charge is 0.0541 e. The van der Waals surface area contributed by atoms with Gasteiger partial charge in [-0.2, -0.15) is 0 Å². The van der Waals surface area contributed by atoms with Gasteiger partial charge in [-0.05, 0) is 129 Å². The van der Waals surface area contributed by atoms with Crippen molar-refractivity contribution >= 4 is 49.6 Å². The van der Waals surface area contributed by atoms with Gasteiger partial charge in [0, 0.05) is 52.0 Å². The van der Waals surface area contributed by atoms with Gasteiger partial charge in [-0.3, -0.25) is 0 Å². The summed E-state index contributed by atoms with van der Waals surface area (Å²) in [5, 5.41) is 4.99. The fourth-order valence-electron chi connectivity index (χ4n) is 9.76. The van der Waals surface area contributed by atoms with Crippen molar-refractivity contribution in [2.45, 2.75) is 32.2 Å². The van der Waals surface area contributed by atoms with E-state index < -0.39 is 0 Å². The lowest BCUT2D eigenvalue weighted by atomic mass is 9.81. The number of nitrogens with zero attached hydrogens (tertiary/aromatic N) is 3. The Hall–Kier alpha value is -6.42. The molecule has 1 aliphatic heterocycles. The summed E-state index contributed by atoms with van der Waals surface area (Å²) in [6, 6.07) is 63.5. The van der Waals surface area contributed by atoms with E-state index in [0.717, 1.165) is 42.3 Å². The van der Waals surface area contributed by atoms with Gasteiger partial charge >= 0.3 is 0 Å². The number of likely N-dealkylation sites (N-methyl/N-ethyl adjacent to an activating group) is 1. The summed E-state index contributed by atoms with van der Waals surface area (Å²) in [5.74, 6) is 0. The standard InChI is InChI=1S/C53H43N3/c1-53(2)48-20-9-6-19-46(48)52-47(38-24-23-36-27-28-54(3)34-39(36)29-38)32-43(33-49(52)53)55(42-26-25-35-13-4-5-14-37(35)30-42)40-15-12-16-41(31-40)56-50-21-10-7-17-44(50)45-18-8-11-22-51(45)56/h4-26,29-33H,27-28,34H2,1-3H3. The normalized spacial score (nSPS) is 14.6. The van der Waals surface area contributed by atoms with Crippen LogP contribution in [-0.4, -0.2) is 23.1 Å². The minimum Gasteiger partial charge on any atom is -0.310 e. The van der Waals surface area contributed by atoms with Crippen molar-refractivity contribution in [1.82, 2.24) is 9.47 Å². The first-order valence-corrected chi connectivity index (χ1v) is 19.9. The molecule has 3 nitrogen and oxygen atoms in total. The number of hydrogen-bond donors (Lipinski definition) is 0. The lowest BCUT2D eigenvalue weighted by Crippen LogP contribution is -2.26. The van der Waals surface area contributed by atoms with Crippen molar-refractivity contribution in [3.63, 3.8) is 0 Å². The lowest BCUT2D eigenvalue weighted by molar-refractivity contribution is 0.313. The van der Waals surface area contributed by atoms with Crippen LogP contribution in [0.5, 0.6) is 0 Å². The van der Waals surface area contributed by atoms with Gasteiger partial charge in [0.2, 0.25) is 0 Å². The average Bonchev–Trinajstić information content (AvgIpc) is 3.69. The fourth-order valence-corrected chi connectivity index (χ4v) is 9.76. The van der Waals surface area contributed by atoms with Crippen molar-refractivity contribution in [3.8, 4) is 27.9 Å². The molecule has 0 amide bonds. The summed E-state index contributed by atoms with van der Waals surface area (Å²) in [6.07, 6.45) is 1.10. The monoisotopic (exact) mass is 721 g/mol. The van der Waals surface area contributed by atoms with Gasteiger partial charge in [0.25, 0.3) is 0 Å². The molecule has 2 heterocycles. The van der Waals surface area contributed by atoms with E-state index in [9.17, 15) is 0 Å². The number of anilines is 3. The number of benzene rings is 8. The minimum absolute atomic E-state index is 0.176. The summed E-state index contributed by atoms with van der Waals surface area (Å²) < 4.78 is 2.42. The molecule has 0 radical (unpaired) electrons. The van der Waals surface area contributed by atoms with E-state index in [1.807, 2.05) is 0 Å². The van der Waals surface area contributed by atoms with E-state index >= 15 is 0 Å². The molecule has 0 bridgehead atoms. The van der Waals surface area contributed by atoms with E-state index in [4.69, 9.17) is 0 Å². The van der Waals surface area contributed by atoms with Crippen LogP contribution >= 0.6 is 0 Å². The van der Waals surface area contributed by atoms with Crippen LogP contribution in [0.25, 0.3) is 60.5 Å². The zero-order valence-corrected chi connectivity index (χ0v) is 32.1. The van der Waals surface area contributed by atoms with Crippen LogP contribution in [0.15, 0.2) is 170 Å². The highest BCUT2D eigenvalue weighted by atomic mass is 15.1. The molecule has 1 aromatic heterocycles. The maximum Gasteiger partial charge on any atom is 0.0541 e. The Morgan fingerprint density at radius 2 is 1.23 bits per heavy atom. The molecule has 0 fully saturated rings. The molecule has 2 aliphatic rings. The van der Waals surface area contributed by atoms with Crippen LogP contribution in [0.1, 0.15) is 36.1 Å². The summed E-state index contributed by atoms with van der Waals surface area (Å²) in [5.41, 5.74) is 17.7. The molecule has 0 saturated carbocycles. The van der Waals surface area contributed by atoms with Crippen LogP contribution in [0.3, 0.4) is 0 Å². The van der Waals surface area contributed by atoms with E-state index in [1.54, 1.807) is 0 Å². The summed E-state index contributed by atoms with van der Waals surface area (Å²) in [7, 11) is 2.24. The molecule has 0 unspecified atom stereocenters. The summed E-state index contributed by atoms with van der Waals surface area (Å²) in [4.78, 5) is 4.93. The second-order valence-corrected chi connectivity index (χ2v) is 16.3. The summed E-state index contributed by atoms with van der Waals surface area (Å²) >= 11 is 0. The van der Waals surface area contributed by atoms with E-state index in [-0.39, 0.29) is 5.41 Å². The van der Waals surface area contributed by atoms with Crippen molar-refractivity contribution in [1.29, 1.82) is 0 Å². The highest BCUT2D eigenvalue weighted by Crippen LogP contribution is 2.55. The highest BCUT2D eigenvalue weighted by Gasteiger charge is 2.38. The van der Waals surface area contributed by atoms with Crippen molar-refractivity contribution in [3.05, 3.63) is 192 Å². The third-order valence-corrected chi connectivity index (χ3v) is 12.6. The Bertz CT molecular complexity index is 2970. The van der Waals surface area contributed by atoms with Gasteiger partial charge in [-0.1, -0.05) is 123 Å². The third kappa shape index (κ3) is 5.08. The number of fused-ring (bicyclic) bond motifs is 8. The molecular weight excluding hydrogens is 679 g/mol. The molecule has 9 aromatic rings. The van der Waals surface area contributed by atoms with Gasteiger partial charge in [-0.15, -0.1) is 0 Å². The zero-order valence-electron chi connectivity index (χ0n) is 32.1. The summed E-state index contributed by atoms with van der Waals surface area (Å²) in [6.45, 7) is 6.88. The van der Waals surface area contributed by atoms with Crippen LogP contribution in [-0.2, 0) is 18.4 Å². The molecular formula is C53H43N3. The number of aromatic nitrogens is 1. The first-order chi connectivity index (χ1) is 27.4. The molecule has 0 spiro atoms. The van der Waals surface area contributed by atoms with Crippen molar-refractivity contribution in [2.75, 3.05) is 18.5 Å². The predicted octanol–water partition coefficient (Wildman–Crippen LogP) is 13.4. The fraction of sp³-hybridized carbons (Fsp3) is 0.132. The van der Waals surface area contributed by atoms with Gasteiger partial charge in [0.1, 0.15) is 0 Å². The van der Waals surface area contributed by atoms with Crippen LogP contribution in [0.4, 0.5) is 17.1 Å². The van der Waals surface area contributed by atoms with Crippen LogP contribution < -0.4 is 4.90 Å². The number of rotatable bonds is 5. The Labute approximate surface area is 328 Å². The number of para-hydroxylation sites is 2. The van der Waals surface area contributed by atoms with Gasteiger partial charge < -0.3 is 14.4 Å². The second kappa shape index (κ2) is 12.6. The molecule has 8 aromatic carbocycles. The van der Waals surface area contributed by atoms with Crippen molar-refractivity contribution in [2.24, 2.45) is 0 Å². The molecule has 56 heavy (non-hydrogen) atoms. The maximum absolute atomic E-state index is 2.48. The molecule has 0 N–H and O–H groups in total. The quantitative estimate of drug-likeness (QED) is 0.175. The Morgan fingerprint density at radius 1 is 0.518 bits per heavy atom. The first-order valence-electron chi connectivity index (χ1n) is 19.9. The highest BCUT2D eigenvalue weighted by molar-refractivity contribution is 6.09. The molecule has 0 saturated heterocycles. The molecule has 3 heteroatoms. The minimum atomic E-state index is -0.176. The Kier molecular flexibility index (Phi) is 7.39. The van der Waals surface area contributed by atoms with Crippen LogP contribution in [0.2, 0.25) is 0 Å². The van der Waals surface area contributed by atoms with Gasteiger partial charge in [-0.25, -0.2) is 0 Å². The lowest BCUT2D eigenvalue weighted by Gasteiger charge is -2.30.